The molecule has 1 aliphatic rings. The molecule has 0 saturated carbocycles. The van der Waals surface area contributed by atoms with Crippen LogP contribution in [0.2, 0.25) is 0 Å². The van der Waals surface area contributed by atoms with E-state index in [0.717, 1.165) is 33.2 Å². The first-order chi connectivity index (χ1) is 19.0. The first kappa shape index (κ1) is 24.7. The molecular formula is C30H30N6O3. The minimum absolute atomic E-state index is 0.0375. The number of aryl methyl sites for hydroxylation is 1. The van der Waals surface area contributed by atoms with Gasteiger partial charge in [0.15, 0.2) is 0 Å². The number of hydrogen-bond acceptors (Lipinski definition) is 5. The Labute approximate surface area is 225 Å². The van der Waals surface area contributed by atoms with Gasteiger partial charge in [0.05, 0.1) is 18.7 Å². The van der Waals surface area contributed by atoms with Crippen LogP contribution in [-0.4, -0.2) is 57.1 Å². The zero-order valence-corrected chi connectivity index (χ0v) is 21.8. The van der Waals surface area contributed by atoms with Crippen LogP contribution in [0.5, 0.6) is 0 Å². The molecule has 0 unspecified atom stereocenters. The van der Waals surface area contributed by atoms with Gasteiger partial charge in [-0.05, 0) is 36.8 Å². The predicted octanol–water partition coefficient (Wildman–Crippen LogP) is 3.86. The van der Waals surface area contributed by atoms with Crippen LogP contribution in [-0.2, 0) is 22.6 Å². The molecule has 0 aliphatic carbocycles. The monoisotopic (exact) mass is 522 g/mol. The van der Waals surface area contributed by atoms with Crippen molar-refractivity contribution in [3.05, 3.63) is 89.7 Å². The van der Waals surface area contributed by atoms with Crippen molar-refractivity contribution in [1.29, 1.82) is 0 Å². The van der Waals surface area contributed by atoms with Crippen molar-refractivity contribution in [3.8, 4) is 5.82 Å². The van der Waals surface area contributed by atoms with Crippen molar-refractivity contribution in [2.24, 2.45) is 5.73 Å². The lowest BCUT2D eigenvalue weighted by Crippen LogP contribution is -2.42. The number of morpholine rings is 1. The van der Waals surface area contributed by atoms with Crippen molar-refractivity contribution in [2.45, 2.75) is 20.0 Å². The number of benzene rings is 2. The summed E-state index contributed by atoms with van der Waals surface area (Å²) in [6.45, 7) is 5.11. The van der Waals surface area contributed by atoms with E-state index in [2.05, 4.69) is 17.4 Å². The van der Waals surface area contributed by atoms with Gasteiger partial charge in [-0.1, -0.05) is 36.4 Å². The number of amides is 2. The van der Waals surface area contributed by atoms with Crippen molar-refractivity contribution in [1.82, 2.24) is 19.0 Å². The molecule has 39 heavy (non-hydrogen) atoms. The summed E-state index contributed by atoms with van der Waals surface area (Å²) in [6, 6.07) is 21.7. The fourth-order valence-electron chi connectivity index (χ4n) is 5.27. The Kier molecular flexibility index (Phi) is 6.50. The maximum absolute atomic E-state index is 13.1. The van der Waals surface area contributed by atoms with Crippen molar-refractivity contribution >= 4 is 39.4 Å². The molecule has 5 aromatic rings. The molecule has 1 saturated heterocycles. The third-order valence-corrected chi connectivity index (χ3v) is 7.24. The number of nitrogens with zero attached hydrogens (tertiary/aromatic N) is 4. The number of rotatable bonds is 7. The van der Waals surface area contributed by atoms with Gasteiger partial charge in [0.2, 0.25) is 11.8 Å². The van der Waals surface area contributed by atoms with Crippen LogP contribution in [0.1, 0.15) is 21.6 Å². The molecule has 6 rings (SSSR count). The number of hydrogen-bond donors (Lipinski definition) is 2. The first-order valence-electron chi connectivity index (χ1n) is 13.0. The number of carbonyl (C=O) groups is 2. The number of aromatic nitrogens is 3. The van der Waals surface area contributed by atoms with Crippen LogP contribution in [0.4, 0.5) is 5.69 Å². The Bertz CT molecular complexity index is 1680. The van der Waals surface area contributed by atoms with E-state index >= 15 is 0 Å². The van der Waals surface area contributed by atoms with E-state index in [-0.39, 0.29) is 12.5 Å². The quantitative estimate of drug-likeness (QED) is 0.338. The smallest absolute Gasteiger partial charge is 0.249 e. The fourth-order valence-corrected chi connectivity index (χ4v) is 5.27. The van der Waals surface area contributed by atoms with Gasteiger partial charge in [-0.2, -0.15) is 0 Å². The third kappa shape index (κ3) is 4.72. The van der Waals surface area contributed by atoms with Gasteiger partial charge in [-0.3, -0.25) is 14.2 Å². The molecule has 1 fully saturated rings. The molecule has 1 aliphatic heterocycles. The third-order valence-electron chi connectivity index (χ3n) is 7.24. The highest BCUT2D eigenvalue weighted by Gasteiger charge is 2.20. The van der Waals surface area contributed by atoms with Gasteiger partial charge in [-0.15, -0.1) is 0 Å². The average Bonchev–Trinajstić information content (AvgIpc) is 3.52. The lowest BCUT2D eigenvalue weighted by atomic mass is 10.1. The Balaban J connectivity index is 1.46. The van der Waals surface area contributed by atoms with Crippen LogP contribution in [0.25, 0.3) is 27.8 Å². The SMILES string of the molecule is Cc1cc2c(C(N)=O)cccc2n1-c1cc(NCc2ccccc2)c2ccn(CC(=O)N3CCOCC3)c2n1. The summed E-state index contributed by atoms with van der Waals surface area (Å²) in [6.07, 6.45) is 1.92. The molecule has 198 valence electrons. The topological polar surface area (TPSA) is 107 Å². The van der Waals surface area contributed by atoms with Crippen LogP contribution in [0.15, 0.2) is 72.9 Å². The molecule has 4 heterocycles. The Morgan fingerprint density at radius 2 is 1.79 bits per heavy atom. The lowest BCUT2D eigenvalue weighted by molar-refractivity contribution is -0.135. The lowest BCUT2D eigenvalue weighted by Gasteiger charge is -2.27. The highest BCUT2D eigenvalue weighted by atomic mass is 16.5. The van der Waals surface area contributed by atoms with E-state index in [1.165, 1.54) is 0 Å². The van der Waals surface area contributed by atoms with Gasteiger partial charge in [0.25, 0.3) is 0 Å². The van der Waals surface area contributed by atoms with E-state index in [9.17, 15) is 9.59 Å². The van der Waals surface area contributed by atoms with Crippen molar-refractivity contribution < 1.29 is 14.3 Å². The summed E-state index contributed by atoms with van der Waals surface area (Å²) in [5.74, 6) is 0.253. The number of nitrogens with two attached hydrogens (primary N) is 1. The molecule has 2 amide bonds. The average molecular weight is 523 g/mol. The van der Waals surface area contributed by atoms with Gasteiger partial charge in [-0.25, -0.2) is 4.98 Å². The number of carbonyl (C=O) groups excluding carboxylic acids is 2. The van der Waals surface area contributed by atoms with Crippen LogP contribution in [0, 0.1) is 6.92 Å². The summed E-state index contributed by atoms with van der Waals surface area (Å²) in [5, 5.41) is 5.29. The summed E-state index contributed by atoms with van der Waals surface area (Å²) in [4.78, 5) is 32.1. The second-order valence-electron chi connectivity index (χ2n) is 9.77. The van der Waals surface area contributed by atoms with Gasteiger partial charge >= 0.3 is 0 Å². The highest BCUT2D eigenvalue weighted by Crippen LogP contribution is 2.31. The van der Waals surface area contributed by atoms with E-state index in [4.69, 9.17) is 15.5 Å². The molecule has 0 atom stereocenters. The molecule has 0 radical (unpaired) electrons. The minimum atomic E-state index is -0.470. The molecule has 3 N–H and O–H groups in total. The normalized spacial score (nSPS) is 13.7. The second-order valence-corrected chi connectivity index (χ2v) is 9.77. The Morgan fingerprint density at radius 3 is 2.56 bits per heavy atom. The molecule has 9 nitrogen and oxygen atoms in total. The summed E-state index contributed by atoms with van der Waals surface area (Å²) < 4.78 is 9.33. The van der Waals surface area contributed by atoms with Gasteiger partial charge < -0.3 is 25.3 Å². The molecule has 3 aromatic heterocycles. The molecule has 0 spiro atoms. The maximum atomic E-state index is 13.1. The number of ether oxygens (including phenoxy) is 1. The van der Waals surface area contributed by atoms with E-state index in [1.54, 1.807) is 6.07 Å². The maximum Gasteiger partial charge on any atom is 0.249 e. The number of primary amides is 1. The largest absolute Gasteiger partial charge is 0.380 e. The van der Waals surface area contributed by atoms with E-state index in [0.29, 0.717) is 49.9 Å². The zero-order valence-electron chi connectivity index (χ0n) is 21.8. The zero-order chi connectivity index (χ0) is 26.9. The van der Waals surface area contributed by atoms with E-state index < -0.39 is 5.91 Å². The van der Waals surface area contributed by atoms with Crippen molar-refractivity contribution in [3.63, 3.8) is 0 Å². The van der Waals surface area contributed by atoms with Crippen LogP contribution >= 0.6 is 0 Å². The predicted molar refractivity (Wildman–Crippen MR) is 151 cm³/mol. The second kappa shape index (κ2) is 10.3. The summed E-state index contributed by atoms with van der Waals surface area (Å²) in [7, 11) is 0. The Hall–Kier alpha value is -4.63. The summed E-state index contributed by atoms with van der Waals surface area (Å²) in [5.41, 5.74) is 10.7. The number of pyridine rings is 1. The first-order valence-corrected chi connectivity index (χ1v) is 13.0. The Morgan fingerprint density at radius 1 is 1.00 bits per heavy atom. The van der Waals surface area contributed by atoms with Gasteiger partial charge in [0, 0.05) is 59.6 Å². The number of nitrogens with one attached hydrogen (secondary N) is 1. The standard InChI is InChI=1S/C30H30N6O3/c1-20-16-24-22(29(31)38)8-5-9-26(24)36(20)27-17-25(32-18-21-6-3-2-4-7-21)23-10-11-35(30(23)33-27)19-28(37)34-12-14-39-15-13-34/h2-11,16-17H,12-15,18-19H2,1H3,(H2,31,38)(H,32,33). The molecular weight excluding hydrogens is 492 g/mol. The molecule has 0 bridgehead atoms. The molecule has 9 heteroatoms. The van der Waals surface area contributed by atoms with E-state index in [1.807, 2.05) is 75.7 Å². The highest BCUT2D eigenvalue weighted by molar-refractivity contribution is 6.06. The fraction of sp³-hybridized carbons (Fsp3) is 0.233. The van der Waals surface area contributed by atoms with Crippen molar-refractivity contribution in [2.75, 3.05) is 31.6 Å². The molecule has 2 aromatic carbocycles. The van der Waals surface area contributed by atoms with Crippen LogP contribution in [0.3, 0.4) is 0 Å². The van der Waals surface area contributed by atoms with Crippen LogP contribution < -0.4 is 11.1 Å². The summed E-state index contributed by atoms with van der Waals surface area (Å²) >= 11 is 0. The van der Waals surface area contributed by atoms with Gasteiger partial charge in [0.1, 0.15) is 18.0 Å². The number of fused-ring (bicyclic) bond motifs is 2. The number of anilines is 1. The minimum Gasteiger partial charge on any atom is -0.380 e.